The summed E-state index contributed by atoms with van der Waals surface area (Å²) in [5.74, 6) is -1.71. The number of nitrogens with zero attached hydrogens (tertiary/aromatic N) is 2. The van der Waals surface area contributed by atoms with Gasteiger partial charge in [-0.05, 0) is 72.2 Å². The second-order valence-electron chi connectivity index (χ2n) is 12.1. The van der Waals surface area contributed by atoms with Crippen molar-refractivity contribution in [3.8, 4) is 11.5 Å². The van der Waals surface area contributed by atoms with Gasteiger partial charge in [-0.15, -0.1) is 0 Å². The van der Waals surface area contributed by atoms with E-state index in [1.807, 2.05) is 26.0 Å². The molecule has 250 valence electrons. The van der Waals surface area contributed by atoms with E-state index in [1.54, 1.807) is 17.0 Å². The van der Waals surface area contributed by atoms with Crippen LogP contribution in [0, 0.1) is 11.6 Å². The maximum atomic E-state index is 14.1. The maximum Gasteiger partial charge on any atom is 0.253 e. The molecular formula is C37H44F2N4O4. The summed E-state index contributed by atoms with van der Waals surface area (Å²) in [6.45, 7) is 9.91. The van der Waals surface area contributed by atoms with Crippen LogP contribution in [-0.4, -0.2) is 58.6 Å². The molecule has 0 radical (unpaired) electrons. The van der Waals surface area contributed by atoms with Crippen molar-refractivity contribution in [1.29, 1.82) is 0 Å². The number of aliphatic hydroxyl groups excluding tert-OH is 1. The third kappa shape index (κ3) is 10.0. The number of amides is 2. The van der Waals surface area contributed by atoms with Crippen LogP contribution in [0.2, 0.25) is 0 Å². The Morgan fingerprint density at radius 1 is 0.936 bits per heavy atom. The summed E-state index contributed by atoms with van der Waals surface area (Å²) in [7, 11) is 0. The second-order valence-corrected chi connectivity index (χ2v) is 12.1. The summed E-state index contributed by atoms with van der Waals surface area (Å²) in [6.07, 6.45) is 3.25. The van der Waals surface area contributed by atoms with Crippen molar-refractivity contribution < 1.29 is 27.9 Å². The van der Waals surface area contributed by atoms with Crippen molar-refractivity contribution in [2.75, 3.05) is 19.6 Å². The first-order chi connectivity index (χ1) is 22.6. The van der Waals surface area contributed by atoms with Gasteiger partial charge < -0.3 is 25.1 Å². The second kappa shape index (κ2) is 16.9. The highest BCUT2D eigenvalue weighted by Gasteiger charge is 2.25. The van der Waals surface area contributed by atoms with Crippen LogP contribution in [0.4, 0.5) is 8.78 Å². The highest BCUT2D eigenvalue weighted by atomic mass is 19.1. The van der Waals surface area contributed by atoms with Gasteiger partial charge in [0, 0.05) is 48.9 Å². The number of carbonyl (C=O) groups is 2. The van der Waals surface area contributed by atoms with E-state index < -0.39 is 29.7 Å². The lowest BCUT2D eigenvalue weighted by molar-refractivity contribution is 0.0755. The Labute approximate surface area is 275 Å². The van der Waals surface area contributed by atoms with Gasteiger partial charge in [0.2, 0.25) is 5.89 Å². The summed E-state index contributed by atoms with van der Waals surface area (Å²) < 4.78 is 33.7. The number of halogens is 2. The van der Waals surface area contributed by atoms with Gasteiger partial charge in [-0.1, -0.05) is 52.0 Å². The van der Waals surface area contributed by atoms with Crippen molar-refractivity contribution in [2.45, 2.75) is 71.6 Å². The van der Waals surface area contributed by atoms with Crippen molar-refractivity contribution in [3.63, 3.8) is 0 Å². The highest BCUT2D eigenvalue weighted by Crippen LogP contribution is 2.23. The lowest BCUT2D eigenvalue weighted by Crippen LogP contribution is -2.48. The molecule has 0 aliphatic heterocycles. The zero-order valence-electron chi connectivity index (χ0n) is 27.4. The molecule has 0 saturated carbocycles. The van der Waals surface area contributed by atoms with E-state index in [1.165, 1.54) is 36.2 Å². The van der Waals surface area contributed by atoms with Gasteiger partial charge >= 0.3 is 0 Å². The number of oxazole rings is 1. The molecule has 0 bridgehead atoms. The molecular weight excluding hydrogens is 602 g/mol. The van der Waals surface area contributed by atoms with Crippen LogP contribution < -0.4 is 10.6 Å². The zero-order valence-corrected chi connectivity index (χ0v) is 27.4. The van der Waals surface area contributed by atoms with Crippen molar-refractivity contribution >= 4 is 11.8 Å². The minimum absolute atomic E-state index is 0.0436. The summed E-state index contributed by atoms with van der Waals surface area (Å²) in [6, 6.07) is 15.0. The van der Waals surface area contributed by atoms with E-state index in [2.05, 4.69) is 41.6 Å². The highest BCUT2D eigenvalue weighted by molar-refractivity contribution is 6.01. The van der Waals surface area contributed by atoms with Crippen molar-refractivity contribution in [2.24, 2.45) is 0 Å². The van der Waals surface area contributed by atoms with E-state index in [4.69, 9.17) is 4.42 Å². The molecule has 0 unspecified atom stereocenters. The molecule has 3 N–H and O–H groups in total. The standard InChI is InChI=1S/C37H44F2N4O4/c1-5-11-43(12-6-2)37(46)30-19-28(18-29(20-30)36-41-10-13-47-36)35(45)42-33(17-26-15-31(38)21-32(39)16-26)34(44)23-40-22-25-8-7-9-27(14-25)24(3)4/h7-10,13-16,18-21,24,33-34,40,44H,5-6,11-12,17,22-23H2,1-4H3,(H,42,45)/t33-,34+/m1/s1. The predicted molar refractivity (Wildman–Crippen MR) is 178 cm³/mol. The van der Waals surface area contributed by atoms with Gasteiger partial charge in [0.25, 0.3) is 11.8 Å². The third-order valence-corrected chi connectivity index (χ3v) is 7.85. The fourth-order valence-corrected chi connectivity index (χ4v) is 5.50. The number of carbonyl (C=O) groups excluding carboxylic acids is 2. The third-order valence-electron chi connectivity index (χ3n) is 7.85. The first-order valence-corrected chi connectivity index (χ1v) is 16.2. The molecule has 8 nitrogen and oxygen atoms in total. The number of rotatable bonds is 16. The van der Waals surface area contributed by atoms with Gasteiger partial charge in [0.05, 0.1) is 18.3 Å². The van der Waals surface area contributed by atoms with Crippen LogP contribution in [0.3, 0.4) is 0 Å². The Morgan fingerprint density at radius 2 is 1.64 bits per heavy atom. The SMILES string of the molecule is CCCN(CCC)C(=O)c1cc(C(=O)N[C@H](Cc2cc(F)cc(F)c2)[C@@H](O)CNCc2cccc(C(C)C)c2)cc(-c2ncco2)c1. The van der Waals surface area contributed by atoms with Crippen LogP contribution in [0.1, 0.15) is 83.9 Å². The molecule has 1 heterocycles. The lowest BCUT2D eigenvalue weighted by Gasteiger charge is -2.25. The first kappa shape index (κ1) is 35.4. The first-order valence-electron chi connectivity index (χ1n) is 16.2. The average molecular weight is 647 g/mol. The minimum atomic E-state index is -1.13. The Bertz CT molecular complexity index is 1600. The maximum absolute atomic E-state index is 14.1. The molecule has 0 aliphatic rings. The molecule has 1 aromatic heterocycles. The zero-order chi connectivity index (χ0) is 33.9. The van der Waals surface area contributed by atoms with Crippen LogP contribution in [0.15, 0.2) is 77.5 Å². The van der Waals surface area contributed by atoms with E-state index in [-0.39, 0.29) is 35.9 Å². The van der Waals surface area contributed by atoms with Crippen LogP contribution in [0.5, 0.6) is 0 Å². The van der Waals surface area contributed by atoms with E-state index >= 15 is 0 Å². The molecule has 2 atom stereocenters. The molecule has 3 aromatic carbocycles. The molecule has 2 amide bonds. The molecule has 0 fully saturated rings. The number of hydrogen-bond donors (Lipinski definition) is 3. The van der Waals surface area contributed by atoms with Crippen LogP contribution >= 0.6 is 0 Å². The van der Waals surface area contributed by atoms with E-state index in [0.717, 1.165) is 24.5 Å². The lowest BCUT2D eigenvalue weighted by atomic mass is 9.98. The molecule has 10 heteroatoms. The van der Waals surface area contributed by atoms with Crippen LogP contribution in [0.25, 0.3) is 11.5 Å². The Hall–Kier alpha value is -4.41. The minimum Gasteiger partial charge on any atom is -0.445 e. The molecule has 0 saturated heterocycles. The number of aliphatic hydroxyl groups is 1. The predicted octanol–water partition coefficient (Wildman–Crippen LogP) is 6.50. The number of nitrogens with one attached hydrogen (secondary N) is 2. The molecule has 0 spiro atoms. The summed E-state index contributed by atoms with van der Waals surface area (Å²) in [4.78, 5) is 33.3. The van der Waals surface area contributed by atoms with Gasteiger partial charge in [0.1, 0.15) is 17.9 Å². The van der Waals surface area contributed by atoms with Gasteiger partial charge in [-0.25, -0.2) is 13.8 Å². The Morgan fingerprint density at radius 3 is 2.28 bits per heavy atom. The number of aromatic nitrogens is 1. The summed E-state index contributed by atoms with van der Waals surface area (Å²) in [5, 5.41) is 17.4. The molecule has 47 heavy (non-hydrogen) atoms. The van der Waals surface area contributed by atoms with E-state index in [0.29, 0.717) is 36.7 Å². The quantitative estimate of drug-likeness (QED) is 0.128. The van der Waals surface area contributed by atoms with Crippen molar-refractivity contribution in [3.05, 3.63) is 113 Å². The summed E-state index contributed by atoms with van der Waals surface area (Å²) in [5.41, 5.74) is 3.39. The average Bonchev–Trinajstić information content (AvgIpc) is 3.59. The number of hydrogen-bond acceptors (Lipinski definition) is 6. The molecule has 4 rings (SSSR count). The number of benzene rings is 3. The smallest absolute Gasteiger partial charge is 0.253 e. The topological polar surface area (TPSA) is 108 Å². The summed E-state index contributed by atoms with van der Waals surface area (Å²) >= 11 is 0. The fraction of sp³-hybridized carbons (Fsp3) is 0.378. The molecule has 4 aromatic rings. The molecule has 0 aliphatic carbocycles. The Kier molecular flexibility index (Phi) is 12.8. The van der Waals surface area contributed by atoms with Crippen molar-refractivity contribution in [1.82, 2.24) is 20.5 Å². The fourth-order valence-electron chi connectivity index (χ4n) is 5.50. The largest absolute Gasteiger partial charge is 0.445 e. The monoisotopic (exact) mass is 646 g/mol. The van der Waals surface area contributed by atoms with Gasteiger partial charge in [0.15, 0.2) is 0 Å². The van der Waals surface area contributed by atoms with Gasteiger partial charge in [-0.2, -0.15) is 0 Å². The normalized spacial score (nSPS) is 12.6. The van der Waals surface area contributed by atoms with Crippen LogP contribution in [-0.2, 0) is 13.0 Å². The Balaban J connectivity index is 1.60. The van der Waals surface area contributed by atoms with E-state index in [9.17, 15) is 23.5 Å². The van der Waals surface area contributed by atoms with Gasteiger partial charge in [-0.3, -0.25) is 9.59 Å².